The smallest absolute Gasteiger partial charge is 0.305 e. The maximum Gasteiger partial charge on any atom is 0.305 e. The molecule has 2 aromatic carbocycles. The van der Waals surface area contributed by atoms with Gasteiger partial charge < -0.3 is 61.6 Å². The highest BCUT2D eigenvalue weighted by Crippen LogP contribution is 2.36. The van der Waals surface area contributed by atoms with Crippen molar-refractivity contribution in [2.24, 2.45) is 0 Å². The van der Waals surface area contributed by atoms with E-state index in [1.807, 2.05) is 12.1 Å². The van der Waals surface area contributed by atoms with Crippen LogP contribution >= 0.6 is 0 Å². The van der Waals surface area contributed by atoms with Crippen molar-refractivity contribution in [2.75, 3.05) is 145 Å². The number of benzene rings is 2. The van der Waals surface area contributed by atoms with Crippen molar-refractivity contribution in [1.29, 1.82) is 0 Å². The average molecular weight is 869 g/mol. The van der Waals surface area contributed by atoms with Gasteiger partial charge in [-0.05, 0) is 28.3 Å². The van der Waals surface area contributed by atoms with Gasteiger partial charge in [-0.15, -0.1) is 0 Å². The highest BCUT2D eigenvalue weighted by molar-refractivity contribution is 6.99. The average Bonchev–Trinajstić information content (AvgIpc) is 3.24. The molecule has 0 aliphatic heterocycles. The number of carbonyl (C=O) groups is 2. The third-order valence-corrected chi connectivity index (χ3v) is 13.9. The van der Waals surface area contributed by atoms with E-state index in [1.54, 1.807) is 0 Å². The van der Waals surface area contributed by atoms with Gasteiger partial charge in [0.1, 0.15) is 6.61 Å². The molecule has 2 rings (SSSR count). The fourth-order valence-electron chi connectivity index (χ4n) is 5.93. The van der Waals surface area contributed by atoms with Gasteiger partial charge in [-0.2, -0.15) is 0 Å². The summed E-state index contributed by atoms with van der Waals surface area (Å²) in [4.78, 5) is 22.0. The Morgan fingerprint density at radius 1 is 0.433 bits per heavy atom. The first kappa shape index (κ1) is 53.3. The Morgan fingerprint density at radius 2 is 0.717 bits per heavy atom. The van der Waals surface area contributed by atoms with Crippen LogP contribution in [0.5, 0.6) is 0 Å². The van der Waals surface area contributed by atoms with Crippen molar-refractivity contribution in [3.8, 4) is 0 Å². The largest absolute Gasteiger partial charge is 0.481 e. The highest BCUT2D eigenvalue weighted by atomic mass is 28.4. The molecule has 0 fully saturated rings. The van der Waals surface area contributed by atoms with Gasteiger partial charge in [0.15, 0.2) is 0 Å². The molecule has 0 bridgehead atoms. The Bertz CT molecular complexity index is 1260. The molecule has 60 heavy (non-hydrogen) atoms. The summed E-state index contributed by atoms with van der Waals surface area (Å²) in [7, 11) is -2.55. The van der Waals surface area contributed by atoms with Crippen LogP contribution in [0, 0.1) is 0 Å². The summed E-state index contributed by atoms with van der Waals surface area (Å²) in [5, 5.41) is 11.0. The first-order valence-electron chi connectivity index (χ1n) is 21.2. The van der Waals surface area contributed by atoms with Gasteiger partial charge in [0.05, 0.1) is 139 Å². The first-order chi connectivity index (χ1) is 29.3. The molecule has 0 aromatic heterocycles. The molecule has 15 nitrogen and oxygen atoms in total. The number of hydrogen-bond acceptors (Lipinski definition) is 14. The lowest BCUT2D eigenvalue weighted by Gasteiger charge is -2.43. The fraction of sp³-hybridized carbons (Fsp3) is 0.682. The van der Waals surface area contributed by atoms with Gasteiger partial charge >= 0.3 is 11.9 Å². The minimum atomic E-state index is -2.55. The molecule has 0 amide bonds. The first-order valence-corrected chi connectivity index (χ1v) is 23.1. The maximum atomic E-state index is 11.5. The van der Waals surface area contributed by atoms with Gasteiger partial charge in [-0.3, -0.25) is 9.59 Å². The summed E-state index contributed by atoms with van der Waals surface area (Å²) in [6, 6.07) is 21.2. The second kappa shape index (κ2) is 35.7. The second-order valence-corrected chi connectivity index (χ2v) is 18.8. The molecule has 0 unspecified atom stereocenters. The molecule has 1 N–H and O–H groups in total. The summed E-state index contributed by atoms with van der Waals surface area (Å²) in [6.45, 7) is 16.7. The predicted molar refractivity (Wildman–Crippen MR) is 229 cm³/mol. The minimum absolute atomic E-state index is 0.0578. The van der Waals surface area contributed by atoms with Crippen molar-refractivity contribution >= 4 is 30.6 Å². The zero-order chi connectivity index (χ0) is 43.3. The molecule has 2 aromatic rings. The fourth-order valence-corrected chi connectivity index (χ4v) is 10.5. The van der Waals surface area contributed by atoms with E-state index < -0.39 is 14.3 Å². The SMILES string of the molecule is CC(C)(C)[Si](OCCOCCOCCOCCOCCOCCOCCOCCOCCOCCOCCOC(=O)CCCCC(=O)O)(c1ccccc1)c1ccccc1. The zero-order valence-corrected chi connectivity index (χ0v) is 37.3. The second-order valence-electron chi connectivity index (χ2n) is 14.5. The number of unbranched alkanes of at least 4 members (excludes halogenated alkanes) is 1. The number of carboxylic acids is 1. The molecule has 0 saturated carbocycles. The predicted octanol–water partition coefficient (Wildman–Crippen LogP) is 3.92. The number of rotatable bonds is 41. The maximum absolute atomic E-state index is 11.5. The molecule has 16 heteroatoms. The van der Waals surface area contributed by atoms with Crippen molar-refractivity contribution in [3.05, 3.63) is 60.7 Å². The molecule has 0 radical (unpaired) electrons. The molecule has 0 spiro atoms. The Labute approximate surface area is 358 Å². The monoisotopic (exact) mass is 868 g/mol. The quantitative estimate of drug-likeness (QED) is 0.0581. The van der Waals surface area contributed by atoms with Crippen LogP contribution in [0.25, 0.3) is 0 Å². The Hall–Kier alpha value is -2.84. The highest BCUT2D eigenvalue weighted by Gasteiger charge is 2.50. The summed E-state index contributed by atoms with van der Waals surface area (Å²) in [6.07, 6.45) is 1.23. The van der Waals surface area contributed by atoms with E-state index in [-0.39, 0.29) is 37.1 Å². The molecule has 0 saturated heterocycles. The summed E-state index contributed by atoms with van der Waals surface area (Å²) in [5.41, 5.74) is 0. The lowest BCUT2D eigenvalue weighted by Crippen LogP contribution is -2.66. The van der Waals surface area contributed by atoms with E-state index in [2.05, 4.69) is 69.3 Å². The Morgan fingerprint density at radius 3 is 1.02 bits per heavy atom. The Kier molecular flexibility index (Phi) is 31.7. The van der Waals surface area contributed by atoms with Crippen LogP contribution in [0.3, 0.4) is 0 Å². The van der Waals surface area contributed by atoms with Crippen LogP contribution in [-0.4, -0.2) is 171 Å². The summed E-state index contributed by atoms with van der Waals surface area (Å²) < 4.78 is 67.3. The van der Waals surface area contributed by atoms with E-state index in [0.29, 0.717) is 145 Å². The van der Waals surface area contributed by atoms with E-state index in [0.717, 1.165) is 0 Å². The zero-order valence-electron chi connectivity index (χ0n) is 36.3. The number of ether oxygens (including phenoxy) is 11. The van der Waals surface area contributed by atoms with E-state index in [1.165, 1.54) is 10.4 Å². The lowest BCUT2D eigenvalue weighted by molar-refractivity contribution is -0.146. The van der Waals surface area contributed by atoms with Crippen LogP contribution in [-0.2, 0) is 66.1 Å². The number of hydrogen-bond donors (Lipinski definition) is 1. The topological polar surface area (TPSA) is 165 Å². The van der Waals surface area contributed by atoms with Crippen LogP contribution in [0.4, 0.5) is 0 Å². The van der Waals surface area contributed by atoms with Gasteiger partial charge in [0.2, 0.25) is 0 Å². The van der Waals surface area contributed by atoms with Crippen LogP contribution in [0.2, 0.25) is 5.04 Å². The molecule has 0 heterocycles. The third-order valence-electron chi connectivity index (χ3n) is 8.82. The third kappa shape index (κ3) is 25.8. The molecular formula is C44H72O15Si. The molecular weight excluding hydrogens is 797 g/mol. The van der Waals surface area contributed by atoms with Crippen molar-refractivity contribution in [1.82, 2.24) is 0 Å². The van der Waals surface area contributed by atoms with E-state index >= 15 is 0 Å². The number of carboxylic acid groups (broad SMARTS) is 1. The molecule has 342 valence electrons. The molecule has 0 aliphatic carbocycles. The van der Waals surface area contributed by atoms with Crippen molar-refractivity contribution in [2.45, 2.75) is 51.5 Å². The van der Waals surface area contributed by atoms with Gasteiger partial charge in [0, 0.05) is 12.8 Å². The number of aliphatic carboxylic acids is 1. The molecule has 0 atom stereocenters. The van der Waals surface area contributed by atoms with Crippen molar-refractivity contribution in [3.63, 3.8) is 0 Å². The van der Waals surface area contributed by atoms with E-state index in [9.17, 15) is 9.59 Å². The number of esters is 1. The minimum Gasteiger partial charge on any atom is -0.481 e. The normalized spacial score (nSPS) is 11.9. The standard InChI is InChI=1S/C44H72O15Si/c1-44(2,3)60(40-12-6-4-7-13-40,41-14-8-5-9-15-41)59-39-37-57-35-33-55-31-29-53-27-25-51-23-21-49-19-18-48-20-22-50-24-26-52-28-30-54-32-34-56-36-38-58-43(47)17-11-10-16-42(45)46/h4-9,12-15H,10-11,16-39H2,1-3H3,(H,45,46). The van der Waals surface area contributed by atoms with Crippen LogP contribution in [0.1, 0.15) is 46.5 Å². The lowest BCUT2D eigenvalue weighted by atomic mass is 10.2. The van der Waals surface area contributed by atoms with Gasteiger partial charge in [0.25, 0.3) is 8.32 Å². The van der Waals surface area contributed by atoms with Gasteiger partial charge in [-0.25, -0.2) is 0 Å². The van der Waals surface area contributed by atoms with E-state index in [4.69, 9.17) is 61.6 Å². The molecule has 0 aliphatic rings. The van der Waals surface area contributed by atoms with Crippen molar-refractivity contribution < 1.29 is 71.2 Å². The summed E-state index contributed by atoms with van der Waals surface area (Å²) in [5.74, 6) is -1.21. The van der Waals surface area contributed by atoms with Crippen LogP contribution < -0.4 is 10.4 Å². The summed E-state index contributed by atoms with van der Waals surface area (Å²) >= 11 is 0. The van der Waals surface area contributed by atoms with Crippen LogP contribution in [0.15, 0.2) is 60.7 Å². The van der Waals surface area contributed by atoms with Gasteiger partial charge in [-0.1, -0.05) is 81.4 Å². The Balaban J connectivity index is 1.27. The number of carbonyl (C=O) groups excluding carboxylic acids is 1.